The highest BCUT2D eigenvalue weighted by Crippen LogP contribution is 2.16. The predicted octanol–water partition coefficient (Wildman–Crippen LogP) is 2.60. The van der Waals surface area contributed by atoms with Gasteiger partial charge in [0.15, 0.2) is 0 Å². The van der Waals surface area contributed by atoms with E-state index >= 15 is 0 Å². The topological polar surface area (TPSA) is 57.7 Å². The van der Waals surface area contributed by atoms with Crippen molar-refractivity contribution in [1.82, 2.24) is 4.98 Å². The molecule has 7 heteroatoms. The first-order valence-corrected chi connectivity index (χ1v) is 6.11. The van der Waals surface area contributed by atoms with Crippen LogP contribution in [0.1, 0.15) is 10.4 Å². The van der Waals surface area contributed by atoms with Crippen LogP contribution in [0, 0.1) is 0 Å². The highest BCUT2D eigenvalue weighted by atomic mass is 19.3. The van der Waals surface area contributed by atoms with Crippen molar-refractivity contribution in [2.24, 2.45) is 0 Å². The highest BCUT2D eigenvalue weighted by molar-refractivity contribution is 5.94. The van der Waals surface area contributed by atoms with Gasteiger partial charge in [0.05, 0.1) is 17.7 Å². The maximum absolute atomic E-state index is 12.6. The highest BCUT2D eigenvalue weighted by Gasteiger charge is 2.29. The number of fused-ring (bicyclic) bond motifs is 1. The van der Waals surface area contributed by atoms with Crippen molar-refractivity contribution in [2.75, 3.05) is 20.3 Å². The number of aromatic nitrogens is 1. The SMILES string of the molecule is COC(F)(F)OCCOC(=O)c1ccc2ncccc2c1. The quantitative estimate of drug-likeness (QED) is 0.466. The van der Waals surface area contributed by atoms with Crippen LogP contribution in [0.5, 0.6) is 0 Å². The molecule has 1 aromatic heterocycles. The smallest absolute Gasteiger partial charge is 0.460 e. The summed E-state index contributed by atoms with van der Waals surface area (Å²) >= 11 is 0. The Hall–Kier alpha value is -2.12. The summed E-state index contributed by atoms with van der Waals surface area (Å²) in [5, 5.41) is 0.786. The molecule has 0 saturated heterocycles. The number of rotatable bonds is 6. The fraction of sp³-hybridized carbons (Fsp3) is 0.286. The molecule has 0 fully saturated rings. The van der Waals surface area contributed by atoms with Gasteiger partial charge in [-0.2, -0.15) is 0 Å². The zero-order chi connectivity index (χ0) is 15.3. The average molecular weight is 297 g/mol. The van der Waals surface area contributed by atoms with E-state index in [1.165, 1.54) is 0 Å². The van der Waals surface area contributed by atoms with Crippen molar-refractivity contribution in [1.29, 1.82) is 0 Å². The molecule has 0 aliphatic rings. The molecule has 5 nitrogen and oxygen atoms in total. The Kier molecular flexibility index (Phi) is 4.77. The second kappa shape index (κ2) is 6.55. The first kappa shape index (κ1) is 15.3. The van der Waals surface area contributed by atoms with Gasteiger partial charge in [-0.3, -0.25) is 14.5 Å². The molecule has 2 aromatic rings. The van der Waals surface area contributed by atoms with E-state index in [2.05, 4.69) is 14.5 Å². The third-order valence-corrected chi connectivity index (χ3v) is 2.66. The van der Waals surface area contributed by atoms with Crippen LogP contribution in [0.25, 0.3) is 10.9 Å². The molecule has 0 saturated carbocycles. The van der Waals surface area contributed by atoms with Crippen LogP contribution in [0.2, 0.25) is 0 Å². The van der Waals surface area contributed by atoms with Crippen LogP contribution in [0.4, 0.5) is 8.78 Å². The normalized spacial score (nSPS) is 11.6. The van der Waals surface area contributed by atoms with Crippen LogP contribution >= 0.6 is 0 Å². The first-order valence-electron chi connectivity index (χ1n) is 6.11. The van der Waals surface area contributed by atoms with Crippen molar-refractivity contribution in [3.63, 3.8) is 0 Å². The van der Waals surface area contributed by atoms with Crippen LogP contribution in [0.15, 0.2) is 36.5 Å². The number of carbonyl (C=O) groups excluding carboxylic acids is 1. The second-order valence-electron chi connectivity index (χ2n) is 4.06. The molecule has 0 radical (unpaired) electrons. The third-order valence-electron chi connectivity index (χ3n) is 2.66. The van der Waals surface area contributed by atoms with Crippen molar-refractivity contribution >= 4 is 16.9 Å². The molecule has 0 aliphatic carbocycles. The van der Waals surface area contributed by atoms with Crippen molar-refractivity contribution in [2.45, 2.75) is 6.29 Å². The van der Waals surface area contributed by atoms with Crippen molar-refractivity contribution in [3.05, 3.63) is 42.1 Å². The molecule has 0 amide bonds. The fourth-order valence-corrected chi connectivity index (χ4v) is 1.64. The Labute approximate surface area is 119 Å². The van der Waals surface area contributed by atoms with Gasteiger partial charge in [0.1, 0.15) is 6.61 Å². The van der Waals surface area contributed by atoms with Gasteiger partial charge < -0.3 is 4.74 Å². The number of esters is 1. The molecule has 21 heavy (non-hydrogen) atoms. The molecule has 0 bridgehead atoms. The van der Waals surface area contributed by atoms with E-state index in [9.17, 15) is 13.6 Å². The summed E-state index contributed by atoms with van der Waals surface area (Å²) in [6.45, 7) is -0.773. The maximum Gasteiger partial charge on any atom is 0.485 e. The monoisotopic (exact) mass is 297 g/mol. The van der Waals surface area contributed by atoms with Gasteiger partial charge in [-0.05, 0) is 24.3 Å². The third kappa shape index (κ3) is 4.17. The van der Waals surface area contributed by atoms with Gasteiger partial charge in [0, 0.05) is 18.7 Å². The minimum absolute atomic E-state index is 0.303. The fourth-order valence-electron chi connectivity index (χ4n) is 1.64. The molecular formula is C14H13F2NO4. The lowest BCUT2D eigenvalue weighted by Crippen LogP contribution is -2.25. The van der Waals surface area contributed by atoms with Crippen LogP contribution in [-0.4, -0.2) is 37.6 Å². The van der Waals surface area contributed by atoms with E-state index in [-0.39, 0.29) is 6.61 Å². The zero-order valence-corrected chi connectivity index (χ0v) is 11.2. The number of hydrogen-bond acceptors (Lipinski definition) is 5. The first-order chi connectivity index (χ1) is 10.0. The van der Waals surface area contributed by atoms with Crippen LogP contribution < -0.4 is 0 Å². The number of methoxy groups -OCH3 is 1. The molecule has 0 aliphatic heterocycles. The molecule has 0 spiro atoms. The molecule has 2 rings (SSSR count). The Morgan fingerprint density at radius 3 is 2.86 bits per heavy atom. The molecule has 0 atom stereocenters. The summed E-state index contributed by atoms with van der Waals surface area (Å²) in [6, 6.07) is 8.42. The van der Waals surface area contributed by atoms with Gasteiger partial charge in [-0.25, -0.2) is 4.79 Å². The number of alkyl halides is 2. The van der Waals surface area contributed by atoms with Gasteiger partial charge in [-0.15, -0.1) is 8.78 Å². The standard InChI is InChI=1S/C14H13F2NO4/c1-19-14(15,16)21-8-7-20-13(18)11-4-5-12-10(9-11)3-2-6-17-12/h2-6,9H,7-8H2,1H3. The predicted molar refractivity (Wildman–Crippen MR) is 69.9 cm³/mol. The Morgan fingerprint density at radius 2 is 2.10 bits per heavy atom. The zero-order valence-electron chi connectivity index (χ0n) is 11.2. The van der Waals surface area contributed by atoms with E-state index in [1.54, 1.807) is 36.5 Å². The van der Waals surface area contributed by atoms with Crippen molar-refractivity contribution in [3.8, 4) is 0 Å². The number of hydrogen-bond donors (Lipinski definition) is 0. The lowest BCUT2D eigenvalue weighted by Gasteiger charge is -2.13. The second-order valence-corrected chi connectivity index (χ2v) is 4.06. The van der Waals surface area contributed by atoms with E-state index < -0.39 is 18.9 Å². The van der Waals surface area contributed by atoms with Gasteiger partial charge in [0.2, 0.25) is 0 Å². The van der Waals surface area contributed by atoms with Gasteiger partial charge in [-0.1, -0.05) is 6.07 Å². The summed E-state index contributed by atoms with van der Waals surface area (Å²) in [5.74, 6) is -0.620. The lowest BCUT2D eigenvalue weighted by atomic mass is 10.1. The van der Waals surface area contributed by atoms with E-state index in [0.717, 1.165) is 18.0 Å². The molecule has 1 aromatic carbocycles. The molecule has 0 unspecified atom stereocenters. The van der Waals surface area contributed by atoms with Gasteiger partial charge in [0.25, 0.3) is 0 Å². The summed E-state index contributed by atoms with van der Waals surface area (Å²) in [7, 11) is 0.815. The minimum atomic E-state index is -3.68. The molecule has 1 heterocycles. The largest absolute Gasteiger partial charge is 0.485 e. The molecular weight excluding hydrogens is 284 g/mol. The van der Waals surface area contributed by atoms with Crippen LogP contribution in [0.3, 0.4) is 0 Å². The maximum atomic E-state index is 12.6. The van der Waals surface area contributed by atoms with Gasteiger partial charge >= 0.3 is 12.3 Å². The van der Waals surface area contributed by atoms with Crippen molar-refractivity contribution < 1.29 is 27.8 Å². The molecule has 0 N–H and O–H groups in total. The summed E-state index contributed by atoms with van der Waals surface area (Å²) in [5.41, 5.74) is 1.06. The van der Waals surface area contributed by atoms with E-state index in [4.69, 9.17) is 4.74 Å². The number of halogens is 2. The lowest BCUT2D eigenvalue weighted by molar-refractivity contribution is -0.384. The number of ether oxygens (including phenoxy) is 3. The molecule has 112 valence electrons. The Balaban J connectivity index is 1.90. The number of pyridine rings is 1. The number of benzene rings is 1. The van der Waals surface area contributed by atoms with E-state index in [1.807, 2.05) is 0 Å². The summed E-state index contributed by atoms with van der Waals surface area (Å²) < 4.78 is 37.9. The Bertz CT molecular complexity index is 633. The Morgan fingerprint density at radius 1 is 1.29 bits per heavy atom. The summed E-state index contributed by atoms with van der Waals surface area (Å²) in [6.07, 6.45) is -2.03. The minimum Gasteiger partial charge on any atom is -0.460 e. The van der Waals surface area contributed by atoms with Crippen LogP contribution in [-0.2, 0) is 14.2 Å². The number of carbonyl (C=O) groups is 1. The summed E-state index contributed by atoms with van der Waals surface area (Å²) in [4.78, 5) is 15.9. The average Bonchev–Trinajstić information content (AvgIpc) is 2.51. The van der Waals surface area contributed by atoms with E-state index in [0.29, 0.717) is 5.56 Å². The number of nitrogens with zero attached hydrogens (tertiary/aromatic N) is 1.